The highest BCUT2D eigenvalue weighted by Crippen LogP contribution is 2.16. The fourth-order valence-electron chi connectivity index (χ4n) is 2.76. The van der Waals surface area contributed by atoms with Crippen molar-refractivity contribution in [3.8, 4) is 0 Å². The Morgan fingerprint density at radius 1 is 1.07 bits per heavy atom. The van der Waals surface area contributed by atoms with Gasteiger partial charge in [0, 0.05) is 23.2 Å². The molecule has 0 unspecified atom stereocenters. The number of carbonyl (C=O) groups is 2. The summed E-state index contributed by atoms with van der Waals surface area (Å²) in [6.45, 7) is 2.37. The molecular weight excluding hydrogens is 384 g/mol. The molecular formula is C23H22N2O3S. The van der Waals surface area contributed by atoms with Crippen LogP contribution in [0.5, 0.6) is 0 Å². The van der Waals surface area contributed by atoms with Crippen LogP contribution >= 0.6 is 11.3 Å². The van der Waals surface area contributed by atoms with E-state index < -0.39 is 5.91 Å². The Hall–Kier alpha value is -3.22. The molecule has 1 heterocycles. The van der Waals surface area contributed by atoms with Crippen LogP contribution in [0.1, 0.15) is 26.4 Å². The van der Waals surface area contributed by atoms with Crippen LogP contribution in [0.2, 0.25) is 0 Å². The molecule has 0 bridgehead atoms. The third-order valence-electron chi connectivity index (χ3n) is 4.10. The fourth-order valence-corrected chi connectivity index (χ4v) is 3.42. The maximum atomic E-state index is 12.9. The first-order valence-electron chi connectivity index (χ1n) is 9.07. The van der Waals surface area contributed by atoms with Gasteiger partial charge < -0.3 is 15.4 Å². The van der Waals surface area contributed by atoms with E-state index in [9.17, 15) is 9.59 Å². The number of hydrogen-bond acceptors (Lipinski definition) is 4. The van der Waals surface area contributed by atoms with Gasteiger partial charge in [-0.1, -0.05) is 35.9 Å². The van der Waals surface area contributed by atoms with Crippen LogP contribution in [-0.4, -0.2) is 18.9 Å². The summed E-state index contributed by atoms with van der Waals surface area (Å²) in [6.07, 6.45) is 1.67. The summed E-state index contributed by atoms with van der Waals surface area (Å²) >= 11 is 1.49. The lowest BCUT2D eigenvalue weighted by Gasteiger charge is -2.12. The average molecular weight is 407 g/mol. The number of ether oxygens (including phenoxy) is 1. The normalized spacial score (nSPS) is 11.2. The Kier molecular flexibility index (Phi) is 6.94. The quantitative estimate of drug-likeness (QED) is 0.563. The van der Waals surface area contributed by atoms with Gasteiger partial charge in [0.15, 0.2) is 0 Å². The summed E-state index contributed by atoms with van der Waals surface area (Å²) in [5.41, 5.74) is 3.22. The van der Waals surface area contributed by atoms with E-state index in [0.29, 0.717) is 17.9 Å². The van der Waals surface area contributed by atoms with Crippen molar-refractivity contribution in [2.24, 2.45) is 0 Å². The minimum absolute atomic E-state index is 0.177. The molecule has 0 aliphatic rings. The van der Waals surface area contributed by atoms with Crippen molar-refractivity contribution in [3.63, 3.8) is 0 Å². The lowest BCUT2D eigenvalue weighted by molar-refractivity contribution is -0.113. The Bertz CT molecular complexity index is 1030. The molecule has 148 valence electrons. The second kappa shape index (κ2) is 9.82. The monoisotopic (exact) mass is 406 g/mol. The molecule has 5 nitrogen and oxygen atoms in total. The standard InChI is InChI=1S/C23H22N2O3S/c1-16-6-3-8-18(12-16)22(26)25-21(14-20-10-5-11-29-20)23(27)24-19-9-4-7-17(13-19)15-28-2/h3-14H,15H2,1-2H3,(H,24,27)(H,25,26)/b21-14-. The molecule has 0 radical (unpaired) electrons. The number of thiophene rings is 1. The maximum absolute atomic E-state index is 12.9. The number of benzene rings is 2. The van der Waals surface area contributed by atoms with Crippen molar-refractivity contribution in [2.75, 3.05) is 12.4 Å². The summed E-state index contributed by atoms with van der Waals surface area (Å²) < 4.78 is 5.14. The molecule has 0 spiro atoms. The zero-order chi connectivity index (χ0) is 20.6. The third-order valence-corrected chi connectivity index (χ3v) is 4.92. The van der Waals surface area contributed by atoms with Gasteiger partial charge in [0.2, 0.25) is 0 Å². The van der Waals surface area contributed by atoms with E-state index in [1.807, 2.05) is 54.8 Å². The summed E-state index contributed by atoms with van der Waals surface area (Å²) in [6, 6.07) is 18.4. The van der Waals surface area contributed by atoms with E-state index in [0.717, 1.165) is 16.0 Å². The number of amides is 2. The molecule has 29 heavy (non-hydrogen) atoms. The van der Waals surface area contributed by atoms with Crippen molar-refractivity contribution >= 4 is 34.9 Å². The molecule has 0 aliphatic heterocycles. The van der Waals surface area contributed by atoms with Gasteiger partial charge in [0.1, 0.15) is 5.70 Å². The van der Waals surface area contributed by atoms with Gasteiger partial charge in [-0.3, -0.25) is 9.59 Å². The molecule has 3 rings (SSSR count). The van der Waals surface area contributed by atoms with Crippen molar-refractivity contribution in [1.29, 1.82) is 0 Å². The predicted molar refractivity (Wildman–Crippen MR) is 117 cm³/mol. The number of anilines is 1. The Morgan fingerprint density at radius 2 is 1.90 bits per heavy atom. The minimum Gasteiger partial charge on any atom is -0.380 e. The summed E-state index contributed by atoms with van der Waals surface area (Å²) in [7, 11) is 1.62. The van der Waals surface area contributed by atoms with E-state index in [4.69, 9.17) is 4.74 Å². The van der Waals surface area contributed by atoms with Crippen LogP contribution in [0.3, 0.4) is 0 Å². The maximum Gasteiger partial charge on any atom is 0.272 e. The van der Waals surface area contributed by atoms with Crippen LogP contribution in [-0.2, 0) is 16.1 Å². The molecule has 1 aromatic heterocycles. The van der Waals surface area contributed by atoms with Gasteiger partial charge in [0.25, 0.3) is 11.8 Å². The first-order valence-corrected chi connectivity index (χ1v) is 9.95. The second-order valence-electron chi connectivity index (χ2n) is 6.48. The Balaban J connectivity index is 1.82. The number of hydrogen-bond donors (Lipinski definition) is 2. The lowest BCUT2D eigenvalue weighted by Crippen LogP contribution is -2.30. The number of aryl methyl sites for hydroxylation is 1. The molecule has 2 amide bonds. The topological polar surface area (TPSA) is 67.4 Å². The zero-order valence-corrected chi connectivity index (χ0v) is 17.1. The SMILES string of the molecule is COCc1cccc(NC(=O)/C(=C/c2cccs2)NC(=O)c2cccc(C)c2)c1. The van der Waals surface area contributed by atoms with Crippen molar-refractivity contribution in [3.05, 3.63) is 93.3 Å². The molecule has 2 N–H and O–H groups in total. The average Bonchev–Trinajstić information content (AvgIpc) is 3.21. The van der Waals surface area contributed by atoms with Crippen LogP contribution in [0.15, 0.2) is 71.7 Å². The van der Waals surface area contributed by atoms with E-state index in [1.54, 1.807) is 31.4 Å². The Morgan fingerprint density at radius 3 is 2.62 bits per heavy atom. The van der Waals surface area contributed by atoms with Gasteiger partial charge in [-0.05, 0) is 54.3 Å². The highest BCUT2D eigenvalue weighted by Gasteiger charge is 2.15. The highest BCUT2D eigenvalue weighted by atomic mass is 32.1. The molecule has 3 aromatic rings. The number of methoxy groups -OCH3 is 1. The number of rotatable bonds is 7. The fraction of sp³-hybridized carbons (Fsp3) is 0.130. The van der Waals surface area contributed by atoms with E-state index >= 15 is 0 Å². The molecule has 0 saturated heterocycles. The Labute approximate surface area is 174 Å². The molecule has 0 fully saturated rings. The van der Waals surface area contributed by atoms with E-state index in [2.05, 4.69) is 10.6 Å². The minimum atomic E-state index is -0.394. The van der Waals surface area contributed by atoms with Crippen LogP contribution < -0.4 is 10.6 Å². The first-order chi connectivity index (χ1) is 14.0. The van der Waals surface area contributed by atoms with Crippen molar-refractivity contribution < 1.29 is 14.3 Å². The molecule has 6 heteroatoms. The molecule has 0 atom stereocenters. The number of carbonyl (C=O) groups excluding carboxylic acids is 2. The van der Waals surface area contributed by atoms with Gasteiger partial charge in [0.05, 0.1) is 6.61 Å². The van der Waals surface area contributed by atoms with Crippen LogP contribution in [0.4, 0.5) is 5.69 Å². The van der Waals surface area contributed by atoms with Crippen LogP contribution in [0, 0.1) is 6.92 Å². The van der Waals surface area contributed by atoms with E-state index in [-0.39, 0.29) is 11.6 Å². The summed E-state index contributed by atoms with van der Waals surface area (Å²) in [4.78, 5) is 26.5. The van der Waals surface area contributed by atoms with Gasteiger partial charge in [-0.25, -0.2) is 0 Å². The predicted octanol–water partition coefficient (Wildman–Crippen LogP) is 4.61. The third kappa shape index (κ3) is 5.88. The van der Waals surface area contributed by atoms with Gasteiger partial charge >= 0.3 is 0 Å². The summed E-state index contributed by atoms with van der Waals surface area (Å²) in [5, 5.41) is 7.51. The zero-order valence-electron chi connectivity index (χ0n) is 16.3. The largest absolute Gasteiger partial charge is 0.380 e. The molecule has 0 aliphatic carbocycles. The van der Waals surface area contributed by atoms with Gasteiger partial charge in [-0.2, -0.15) is 0 Å². The van der Waals surface area contributed by atoms with Gasteiger partial charge in [-0.15, -0.1) is 11.3 Å². The smallest absolute Gasteiger partial charge is 0.272 e. The lowest BCUT2D eigenvalue weighted by atomic mass is 10.1. The second-order valence-corrected chi connectivity index (χ2v) is 7.46. The first kappa shape index (κ1) is 20.5. The molecule has 2 aromatic carbocycles. The molecule has 0 saturated carbocycles. The summed E-state index contributed by atoms with van der Waals surface area (Å²) in [5.74, 6) is -0.728. The highest BCUT2D eigenvalue weighted by molar-refractivity contribution is 7.10. The number of nitrogens with one attached hydrogen (secondary N) is 2. The van der Waals surface area contributed by atoms with Crippen LogP contribution in [0.25, 0.3) is 6.08 Å². The van der Waals surface area contributed by atoms with Crippen molar-refractivity contribution in [2.45, 2.75) is 13.5 Å². The van der Waals surface area contributed by atoms with E-state index in [1.165, 1.54) is 11.3 Å². The van der Waals surface area contributed by atoms with Crippen molar-refractivity contribution in [1.82, 2.24) is 5.32 Å².